The van der Waals surface area contributed by atoms with Gasteiger partial charge in [-0.05, 0) is 45.6 Å². The molecule has 4 heteroatoms. The Morgan fingerprint density at radius 2 is 1.91 bits per heavy atom. The predicted molar refractivity (Wildman–Crippen MR) is 93.3 cm³/mol. The summed E-state index contributed by atoms with van der Waals surface area (Å²) in [6.45, 7) is 9.52. The standard InChI is InChI=1S/C19H29NO3/c1-14(13-21)11-15(2)17(12-16-9-7-6-8-10-16)20-18(22)23-19(3,4)5/h6-11,14,17,21H,12-13H2,1-5H3,(H,20,22)/b15-11+/t14-,17-/m0/s1. The quantitative estimate of drug-likeness (QED) is 0.786. The average molecular weight is 319 g/mol. The second-order valence-electron chi connectivity index (χ2n) is 6.96. The lowest BCUT2D eigenvalue weighted by Crippen LogP contribution is -2.41. The van der Waals surface area contributed by atoms with Gasteiger partial charge in [0.2, 0.25) is 0 Å². The second-order valence-corrected chi connectivity index (χ2v) is 6.96. The predicted octanol–water partition coefficient (Wildman–Crippen LogP) is 3.70. The molecule has 0 bridgehead atoms. The average Bonchev–Trinajstić information content (AvgIpc) is 2.45. The van der Waals surface area contributed by atoms with E-state index in [1.807, 2.05) is 71.0 Å². The van der Waals surface area contributed by atoms with Crippen LogP contribution in [0.3, 0.4) is 0 Å². The summed E-state index contributed by atoms with van der Waals surface area (Å²) in [5.74, 6) is 0.0497. The van der Waals surface area contributed by atoms with Gasteiger partial charge in [0.1, 0.15) is 5.60 Å². The Hall–Kier alpha value is -1.81. The van der Waals surface area contributed by atoms with Gasteiger partial charge >= 0.3 is 6.09 Å². The van der Waals surface area contributed by atoms with Crippen molar-refractivity contribution in [1.29, 1.82) is 0 Å². The number of rotatable bonds is 6. The lowest BCUT2D eigenvalue weighted by atomic mass is 9.97. The smallest absolute Gasteiger partial charge is 0.408 e. The van der Waals surface area contributed by atoms with Gasteiger partial charge in [-0.15, -0.1) is 0 Å². The Labute approximate surface area is 139 Å². The second kappa shape index (κ2) is 8.73. The zero-order valence-electron chi connectivity index (χ0n) is 14.8. The Morgan fingerprint density at radius 1 is 1.30 bits per heavy atom. The van der Waals surface area contributed by atoms with Crippen LogP contribution in [-0.2, 0) is 11.2 Å². The Balaban J connectivity index is 2.88. The summed E-state index contributed by atoms with van der Waals surface area (Å²) in [6.07, 6.45) is 2.24. The molecule has 1 amide bonds. The molecular formula is C19H29NO3. The minimum absolute atomic E-state index is 0.0497. The molecule has 0 saturated heterocycles. The van der Waals surface area contributed by atoms with Crippen molar-refractivity contribution in [2.24, 2.45) is 5.92 Å². The molecule has 0 fully saturated rings. The number of aliphatic hydroxyl groups is 1. The van der Waals surface area contributed by atoms with Gasteiger partial charge in [-0.1, -0.05) is 48.9 Å². The van der Waals surface area contributed by atoms with Crippen molar-refractivity contribution in [3.63, 3.8) is 0 Å². The van der Waals surface area contributed by atoms with Gasteiger partial charge in [-0.3, -0.25) is 0 Å². The number of alkyl carbamates (subject to hydrolysis) is 1. The minimum atomic E-state index is -0.530. The van der Waals surface area contributed by atoms with E-state index in [-0.39, 0.29) is 18.6 Å². The number of benzene rings is 1. The fraction of sp³-hybridized carbons (Fsp3) is 0.526. The third-order valence-corrected chi connectivity index (χ3v) is 3.36. The number of aliphatic hydroxyl groups excluding tert-OH is 1. The summed E-state index contributed by atoms with van der Waals surface area (Å²) < 4.78 is 5.36. The Morgan fingerprint density at radius 3 is 2.43 bits per heavy atom. The zero-order valence-corrected chi connectivity index (χ0v) is 14.8. The van der Waals surface area contributed by atoms with Gasteiger partial charge in [0.05, 0.1) is 6.04 Å². The molecule has 2 atom stereocenters. The van der Waals surface area contributed by atoms with E-state index in [1.165, 1.54) is 0 Å². The highest BCUT2D eigenvalue weighted by molar-refractivity contribution is 5.68. The number of nitrogens with one attached hydrogen (secondary N) is 1. The molecule has 0 aromatic heterocycles. The van der Waals surface area contributed by atoms with Gasteiger partial charge in [-0.25, -0.2) is 4.79 Å². The molecule has 0 saturated carbocycles. The van der Waals surface area contributed by atoms with Crippen LogP contribution in [0.4, 0.5) is 4.79 Å². The number of hydrogen-bond donors (Lipinski definition) is 2. The molecule has 0 radical (unpaired) electrons. The van der Waals surface area contributed by atoms with Crippen molar-refractivity contribution in [3.8, 4) is 0 Å². The van der Waals surface area contributed by atoms with Gasteiger partial charge in [0, 0.05) is 6.61 Å². The fourth-order valence-corrected chi connectivity index (χ4v) is 2.24. The molecule has 0 unspecified atom stereocenters. The highest BCUT2D eigenvalue weighted by atomic mass is 16.6. The van der Waals surface area contributed by atoms with Gasteiger partial charge < -0.3 is 15.2 Å². The van der Waals surface area contributed by atoms with Crippen LogP contribution >= 0.6 is 0 Å². The lowest BCUT2D eigenvalue weighted by Gasteiger charge is -2.25. The van der Waals surface area contributed by atoms with E-state index in [4.69, 9.17) is 4.74 Å². The maximum absolute atomic E-state index is 12.1. The normalized spacial score (nSPS) is 15.0. The number of ether oxygens (including phenoxy) is 1. The molecule has 0 spiro atoms. The van der Waals surface area contributed by atoms with Gasteiger partial charge in [-0.2, -0.15) is 0 Å². The van der Waals surface area contributed by atoms with Crippen molar-refractivity contribution in [3.05, 3.63) is 47.5 Å². The highest BCUT2D eigenvalue weighted by Crippen LogP contribution is 2.14. The summed E-state index contributed by atoms with van der Waals surface area (Å²) in [5, 5.41) is 12.2. The largest absolute Gasteiger partial charge is 0.444 e. The first-order valence-corrected chi connectivity index (χ1v) is 8.04. The van der Waals surface area contributed by atoms with Crippen LogP contribution in [0.15, 0.2) is 42.0 Å². The summed E-state index contributed by atoms with van der Waals surface area (Å²) in [6, 6.07) is 9.83. The fourth-order valence-electron chi connectivity index (χ4n) is 2.24. The molecule has 0 aliphatic rings. The van der Waals surface area contributed by atoms with Crippen molar-refractivity contribution < 1.29 is 14.6 Å². The zero-order chi connectivity index (χ0) is 17.5. The summed E-state index contributed by atoms with van der Waals surface area (Å²) >= 11 is 0. The van der Waals surface area contributed by atoms with E-state index in [1.54, 1.807) is 0 Å². The van der Waals surface area contributed by atoms with Crippen LogP contribution in [0.1, 0.15) is 40.2 Å². The third kappa shape index (κ3) is 7.84. The lowest BCUT2D eigenvalue weighted by molar-refractivity contribution is 0.0512. The van der Waals surface area contributed by atoms with E-state index in [0.29, 0.717) is 6.42 Å². The van der Waals surface area contributed by atoms with Crippen LogP contribution in [-0.4, -0.2) is 29.4 Å². The molecule has 1 aromatic rings. The van der Waals surface area contributed by atoms with E-state index < -0.39 is 11.7 Å². The van der Waals surface area contributed by atoms with E-state index in [2.05, 4.69) is 5.32 Å². The van der Waals surface area contributed by atoms with Crippen molar-refractivity contribution in [1.82, 2.24) is 5.32 Å². The SMILES string of the molecule is C/C(=C\[C@H](C)CO)[C@H](Cc1ccccc1)NC(=O)OC(C)(C)C. The Kier molecular flexibility index (Phi) is 7.30. The molecular weight excluding hydrogens is 290 g/mol. The third-order valence-electron chi connectivity index (χ3n) is 3.36. The molecule has 0 heterocycles. The minimum Gasteiger partial charge on any atom is -0.444 e. The number of carbonyl (C=O) groups is 1. The molecule has 2 N–H and O–H groups in total. The number of carbonyl (C=O) groups excluding carboxylic acids is 1. The van der Waals surface area contributed by atoms with E-state index in [9.17, 15) is 9.90 Å². The number of hydrogen-bond acceptors (Lipinski definition) is 3. The van der Waals surface area contributed by atoms with Crippen LogP contribution < -0.4 is 5.32 Å². The molecule has 0 aliphatic heterocycles. The summed E-state index contributed by atoms with van der Waals surface area (Å²) in [5.41, 5.74) is 1.62. The van der Waals surface area contributed by atoms with Crippen molar-refractivity contribution >= 4 is 6.09 Å². The summed E-state index contributed by atoms with van der Waals surface area (Å²) in [7, 11) is 0. The molecule has 128 valence electrons. The maximum Gasteiger partial charge on any atom is 0.408 e. The van der Waals surface area contributed by atoms with Crippen LogP contribution in [0.25, 0.3) is 0 Å². The first kappa shape index (κ1) is 19.2. The molecule has 1 aromatic carbocycles. The van der Waals surface area contributed by atoms with Crippen LogP contribution in [0.2, 0.25) is 0 Å². The van der Waals surface area contributed by atoms with Gasteiger partial charge in [0.15, 0.2) is 0 Å². The maximum atomic E-state index is 12.1. The monoisotopic (exact) mass is 319 g/mol. The molecule has 0 aliphatic carbocycles. The van der Waals surface area contributed by atoms with Gasteiger partial charge in [0.25, 0.3) is 0 Å². The molecule has 4 nitrogen and oxygen atoms in total. The number of amides is 1. The Bertz CT molecular complexity index is 517. The van der Waals surface area contributed by atoms with Crippen molar-refractivity contribution in [2.45, 2.75) is 52.7 Å². The molecule has 1 rings (SSSR count). The first-order valence-electron chi connectivity index (χ1n) is 8.04. The summed E-state index contributed by atoms with van der Waals surface area (Å²) in [4.78, 5) is 12.1. The first-order chi connectivity index (χ1) is 10.7. The van der Waals surface area contributed by atoms with E-state index >= 15 is 0 Å². The topological polar surface area (TPSA) is 58.6 Å². The molecule has 23 heavy (non-hydrogen) atoms. The highest BCUT2D eigenvalue weighted by Gasteiger charge is 2.21. The van der Waals surface area contributed by atoms with Crippen LogP contribution in [0, 0.1) is 5.92 Å². The van der Waals surface area contributed by atoms with E-state index in [0.717, 1.165) is 11.1 Å². The van der Waals surface area contributed by atoms with Crippen molar-refractivity contribution in [2.75, 3.05) is 6.61 Å². The van der Waals surface area contributed by atoms with Crippen LogP contribution in [0.5, 0.6) is 0 Å².